The van der Waals surface area contributed by atoms with Gasteiger partial charge in [-0.25, -0.2) is 4.39 Å². The van der Waals surface area contributed by atoms with Gasteiger partial charge in [-0.05, 0) is 23.6 Å². The Balaban J connectivity index is 2.36. The molecular formula is C14H18FNO3S. The van der Waals surface area contributed by atoms with Crippen LogP contribution < -0.4 is 5.32 Å². The van der Waals surface area contributed by atoms with Gasteiger partial charge in [0.25, 0.3) is 0 Å². The number of carboxylic acid groups (broad SMARTS) is 1. The number of carbonyl (C=O) groups is 2. The Hall–Kier alpha value is -1.56. The predicted molar refractivity (Wildman–Crippen MR) is 77.0 cm³/mol. The first-order valence-corrected chi connectivity index (χ1v) is 7.30. The third-order valence-corrected chi connectivity index (χ3v) is 4.18. The van der Waals surface area contributed by atoms with Crippen LogP contribution >= 0.6 is 11.8 Å². The molecule has 1 aromatic carbocycles. The number of carbonyl (C=O) groups excluding carboxylic acids is 1. The van der Waals surface area contributed by atoms with Crippen LogP contribution in [0.1, 0.15) is 19.4 Å². The summed E-state index contributed by atoms with van der Waals surface area (Å²) in [4.78, 5) is 22.6. The molecule has 0 bridgehead atoms. The molecule has 1 rings (SSSR count). The Morgan fingerprint density at radius 3 is 2.40 bits per heavy atom. The lowest BCUT2D eigenvalue weighted by Crippen LogP contribution is -2.29. The van der Waals surface area contributed by atoms with Gasteiger partial charge in [0.1, 0.15) is 11.1 Å². The molecular weight excluding hydrogens is 281 g/mol. The van der Waals surface area contributed by atoms with E-state index in [9.17, 15) is 14.0 Å². The summed E-state index contributed by atoms with van der Waals surface area (Å²) in [6.07, 6.45) is 0. The Kier molecular flexibility index (Phi) is 6.51. The third-order valence-electron chi connectivity index (χ3n) is 2.65. The fourth-order valence-electron chi connectivity index (χ4n) is 1.57. The van der Waals surface area contributed by atoms with Crippen molar-refractivity contribution in [3.05, 3.63) is 35.6 Å². The normalized spacial score (nSPS) is 12.2. The number of halogens is 1. The van der Waals surface area contributed by atoms with Crippen molar-refractivity contribution < 1.29 is 19.1 Å². The molecule has 2 N–H and O–H groups in total. The van der Waals surface area contributed by atoms with E-state index in [1.165, 1.54) is 12.1 Å². The van der Waals surface area contributed by atoms with Crippen molar-refractivity contribution in [1.29, 1.82) is 0 Å². The second kappa shape index (κ2) is 7.89. The van der Waals surface area contributed by atoms with E-state index in [1.807, 2.05) is 13.8 Å². The fourth-order valence-corrected chi connectivity index (χ4v) is 2.53. The van der Waals surface area contributed by atoms with E-state index in [-0.39, 0.29) is 23.4 Å². The summed E-state index contributed by atoms with van der Waals surface area (Å²) in [6, 6.07) is 5.85. The highest BCUT2D eigenvalue weighted by molar-refractivity contribution is 8.01. The molecule has 0 spiro atoms. The quantitative estimate of drug-likeness (QED) is 0.810. The first-order chi connectivity index (χ1) is 9.40. The summed E-state index contributed by atoms with van der Waals surface area (Å²) in [6.45, 7) is 3.92. The van der Waals surface area contributed by atoms with E-state index < -0.39 is 11.2 Å². The van der Waals surface area contributed by atoms with Gasteiger partial charge in [-0.3, -0.25) is 9.59 Å². The maximum Gasteiger partial charge on any atom is 0.316 e. The molecule has 1 amide bonds. The smallest absolute Gasteiger partial charge is 0.316 e. The molecule has 6 heteroatoms. The second-order valence-electron chi connectivity index (χ2n) is 4.72. The van der Waals surface area contributed by atoms with Gasteiger partial charge in [-0.15, -0.1) is 11.8 Å². The average molecular weight is 299 g/mol. The first kappa shape index (κ1) is 16.5. The van der Waals surface area contributed by atoms with E-state index in [0.29, 0.717) is 6.54 Å². The van der Waals surface area contributed by atoms with Crippen LogP contribution in [0.15, 0.2) is 24.3 Å². The van der Waals surface area contributed by atoms with E-state index in [4.69, 9.17) is 5.11 Å². The van der Waals surface area contributed by atoms with Crippen LogP contribution in [0.3, 0.4) is 0 Å². The molecule has 1 aromatic rings. The monoisotopic (exact) mass is 299 g/mol. The Bertz CT molecular complexity index is 462. The van der Waals surface area contributed by atoms with Crippen molar-refractivity contribution in [2.45, 2.75) is 25.6 Å². The van der Waals surface area contributed by atoms with Crippen molar-refractivity contribution in [1.82, 2.24) is 5.32 Å². The summed E-state index contributed by atoms with van der Waals surface area (Å²) in [5.74, 6) is -1.40. The highest BCUT2D eigenvalue weighted by atomic mass is 32.2. The molecule has 1 unspecified atom stereocenters. The molecule has 0 fully saturated rings. The lowest BCUT2D eigenvalue weighted by atomic mass is 10.1. The van der Waals surface area contributed by atoms with Crippen molar-refractivity contribution >= 4 is 23.6 Å². The number of nitrogens with one attached hydrogen (secondary N) is 1. The zero-order valence-electron chi connectivity index (χ0n) is 11.4. The largest absolute Gasteiger partial charge is 0.480 e. The standard InChI is InChI=1S/C14H18FNO3S/c1-9(2)13(14(18)19)20-8-12(17)16-7-10-3-5-11(15)6-4-10/h3-6,9,13H,7-8H2,1-2H3,(H,16,17)(H,18,19). The summed E-state index contributed by atoms with van der Waals surface area (Å²) in [5, 5.41) is 11.1. The van der Waals surface area contributed by atoms with Gasteiger partial charge in [0.15, 0.2) is 0 Å². The number of thioether (sulfide) groups is 1. The minimum Gasteiger partial charge on any atom is -0.480 e. The number of hydrogen-bond acceptors (Lipinski definition) is 3. The molecule has 0 radical (unpaired) electrons. The van der Waals surface area contributed by atoms with E-state index in [0.717, 1.165) is 17.3 Å². The molecule has 20 heavy (non-hydrogen) atoms. The van der Waals surface area contributed by atoms with Crippen LogP contribution in [0.4, 0.5) is 4.39 Å². The number of aliphatic carboxylic acids is 1. The van der Waals surface area contributed by atoms with Crippen molar-refractivity contribution in [2.75, 3.05) is 5.75 Å². The predicted octanol–water partition coefficient (Wildman–Crippen LogP) is 2.28. The van der Waals surface area contributed by atoms with Crippen LogP contribution in [-0.4, -0.2) is 28.0 Å². The van der Waals surface area contributed by atoms with Crippen LogP contribution in [0.25, 0.3) is 0 Å². The SMILES string of the molecule is CC(C)C(SCC(=O)NCc1ccc(F)cc1)C(=O)O. The van der Waals surface area contributed by atoms with E-state index in [1.54, 1.807) is 12.1 Å². The van der Waals surface area contributed by atoms with Gasteiger partial charge in [0, 0.05) is 6.54 Å². The molecule has 110 valence electrons. The summed E-state index contributed by atoms with van der Waals surface area (Å²) in [7, 11) is 0. The average Bonchev–Trinajstić information content (AvgIpc) is 2.37. The third kappa shape index (κ3) is 5.61. The van der Waals surface area contributed by atoms with Crippen molar-refractivity contribution in [3.63, 3.8) is 0 Å². The minimum atomic E-state index is -0.906. The van der Waals surface area contributed by atoms with Gasteiger partial charge in [0.05, 0.1) is 5.75 Å². The van der Waals surface area contributed by atoms with Crippen LogP contribution in [-0.2, 0) is 16.1 Å². The van der Waals surface area contributed by atoms with Crippen LogP contribution in [0, 0.1) is 11.7 Å². The summed E-state index contributed by atoms with van der Waals surface area (Å²) >= 11 is 1.11. The van der Waals surface area contributed by atoms with Crippen molar-refractivity contribution in [2.24, 2.45) is 5.92 Å². The van der Waals surface area contributed by atoms with Gasteiger partial charge in [-0.1, -0.05) is 26.0 Å². The topological polar surface area (TPSA) is 66.4 Å². The first-order valence-electron chi connectivity index (χ1n) is 6.25. The molecule has 0 aliphatic heterocycles. The second-order valence-corrected chi connectivity index (χ2v) is 5.85. The highest BCUT2D eigenvalue weighted by Gasteiger charge is 2.22. The molecule has 0 heterocycles. The molecule has 0 aliphatic rings. The van der Waals surface area contributed by atoms with Gasteiger partial charge < -0.3 is 10.4 Å². The van der Waals surface area contributed by atoms with Crippen LogP contribution in [0.2, 0.25) is 0 Å². The summed E-state index contributed by atoms with van der Waals surface area (Å²) < 4.78 is 12.7. The zero-order chi connectivity index (χ0) is 15.1. The van der Waals surface area contributed by atoms with E-state index >= 15 is 0 Å². The molecule has 0 saturated heterocycles. The summed E-state index contributed by atoms with van der Waals surface area (Å²) in [5.41, 5.74) is 0.795. The Morgan fingerprint density at radius 2 is 1.90 bits per heavy atom. The maximum absolute atomic E-state index is 12.7. The molecule has 0 saturated carbocycles. The number of benzene rings is 1. The molecule has 1 atom stereocenters. The fraction of sp³-hybridized carbons (Fsp3) is 0.429. The Labute approximate surface area is 121 Å². The lowest BCUT2D eigenvalue weighted by molar-refractivity contribution is -0.137. The van der Waals surface area contributed by atoms with Crippen molar-refractivity contribution in [3.8, 4) is 0 Å². The minimum absolute atomic E-state index is 0.0394. The maximum atomic E-state index is 12.7. The van der Waals surface area contributed by atoms with E-state index in [2.05, 4.69) is 5.32 Å². The molecule has 0 aromatic heterocycles. The zero-order valence-corrected chi connectivity index (χ0v) is 12.2. The van der Waals surface area contributed by atoms with Gasteiger partial charge >= 0.3 is 5.97 Å². The Morgan fingerprint density at radius 1 is 1.30 bits per heavy atom. The number of carboxylic acids is 1. The highest BCUT2D eigenvalue weighted by Crippen LogP contribution is 2.19. The molecule has 0 aliphatic carbocycles. The van der Waals surface area contributed by atoms with Gasteiger partial charge in [-0.2, -0.15) is 0 Å². The number of hydrogen-bond donors (Lipinski definition) is 2. The lowest BCUT2D eigenvalue weighted by Gasteiger charge is -2.15. The number of rotatable bonds is 7. The number of amides is 1. The van der Waals surface area contributed by atoms with Crippen LogP contribution in [0.5, 0.6) is 0 Å². The molecule has 4 nitrogen and oxygen atoms in total. The van der Waals surface area contributed by atoms with Gasteiger partial charge in [0.2, 0.25) is 5.91 Å².